The minimum absolute atomic E-state index is 0.0116. The van der Waals surface area contributed by atoms with E-state index in [1.165, 1.54) is 5.56 Å². The zero-order chi connectivity index (χ0) is 14.5. The third-order valence-corrected chi connectivity index (χ3v) is 3.38. The molecule has 0 aliphatic heterocycles. The van der Waals surface area contributed by atoms with E-state index in [9.17, 15) is 4.79 Å². The third kappa shape index (κ3) is 3.60. The number of carbonyl (C=O) groups is 1. The van der Waals surface area contributed by atoms with Crippen LogP contribution >= 0.6 is 0 Å². The van der Waals surface area contributed by atoms with Crippen LogP contribution in [-0.2, 0) is 11.2 Å². The fraction of sp³-hybridized carbons (Fsp3) is 0.235. The van der Waals surface area contributed by atoms with Gasteiger partial charge in [0.15, 0.2) is 0 Å². The first kappa shape index (κ1) is 14.1. The number of amides is 1. The van der Waals surface area contributed by atoms with Crippen LogP contribution in [0.25, 0.3) is 0 Å². The number of carbonyl (C=O) groups excluding carboxylic acids is 1. The topological polar surface area (TPSA) is 55.1 Å². The number of hydrogen-bond acceptors (Lipinski definition) is 2. The fourth-order valence-electron chi connectivity index (χ4n) is 2.26. The van der Waals surface area contributed by atoms with Gasteiger partial charge in [0, 0.05) is 5.69 Å². The van der Waals surface area contributed by atoms with Crippen molar-refractivity contribution in [3.63, 3.8) is 0 Å². The van der Waals surface area contributed by atoms with Crippen molar-refractivity contribution in [2.75, 3.05) is 5.73 Å². The van der Waals surface area contributed by atoms with E-state index in [1.54, 1.807) is 0 Å². The lowest BCUT2D eigenvalue weighted by molar-refractivity contribution is -0.121. The van der Waals surface area contributed by atoms with Crippen LogP contribution in [0.4, 0.5) is 5.69 Å². The number of anilines is 1. The molecule has 0 spiro atoms. The second-order valence-electron chi connectivity index (χ2n) is 5.06. The first-order valence-corrected chi connectivity index (χ1v) is 6.75. The average molecular weight is 268 g/mol. The molecule has 2 aromatic carbocycles. The van der Waals surface area contributed by atoms with Gasteiger partial charge in [-0.05, 0) is 42.7 Å². The molecule has 0 fully saturated rings. The molecule has 104 valence electrons. The standard InChI is InChI=1S/C17H20N2O/c1-12-5-3-4-6-16(12)13(2)19-17(20)11-14-7-9-15(18)10-8-14/h3-10,13H,11,18H2,1-2H3,(H,19,20)/t13-/m0/s1. The van der Waals surface area contributed by atoms with Crippen LogP contribution in [0, 0.1) is 6.92 Å². The van der Waals surface area contributed by atoms with E-state index < -0.39 is 0 Å². The van der Waals surface area contributed by atoms with Gasteiger partial charge in [-0.2, -0.15) is 0 Å². The molecular weight excluding hydrogens is 248 g/mol. The summed E-state index contributed by atoms with van der Waals surface area (Å²) in [7, 11) is 0. The van der Waals surface area contributed by atoms with Crippen LogP contribution in [0.1, 0.15) is 29.7 Å². The lowest BCUT2D eigenvalue weighted by Crippen LogP contribution is -2.28. The van der Waals surface area contributed by atoms with E-state index in [2.05, 4.69) is 18.3 Å². The number of nitrogen functional groups attached to an aromatic ring is 1. The Balaban J connectivity index is 1.98. The highest BCUT2D eigenvalue weighted by atomic mass is 16.1. The number of hydrogen-bond donors (Lipinski definition) is 2. The Kier molecular flexibility index (Phi) is 4.41. The summed E-state index contributed by atoms with van der Waals surface area (Å²) in [5, 5.41) is 3.03. The summed E-state index contributed by atoms with van der Waals surface area (Å²) in [6.45, 7) is 4.06. The summed E-state index contributed by atoms with van der Waals surface area (Å²) in [5.41, 5.74) is 9.65. The zero-order valence-corrected chi connectivity index (χ0v) is 11.9. The van der Waals surface area contributed by atoms with Crippen molar-refractivity contribution in [3.8, 4) is 0 Å². The van der Waals surface area contributed by atoms with Crippen molar-refractivity contribution >= 4 is 11.6 Å². The molecule has 2 aromatic rings. The molecule has 3 N–H and O–H groups in total. The molecular formula is C17H20N2O. The lowest BCUT2D eigenvalue weighted by atomic mass is 10.0. The summed E-state index contributed by atoms with van der Waals surface area (Å²) in [6.07, 6.45) is 0.372. The first-order valence-electron chi connectivity index (χ1n) is 6.75. The summed E-state index contributed by atoms with van der Waals surface area (Å²) >= 11 is 0. The summed E-state index contributed by atoms with van der Waals surface area (Å²) in [4.78, 5) is 12.1. The second kappa shape index (κ2) is 6.24. The Morgan fingerprint density at radius 1 is 1.15 bits per heavy atom. The fourth-order valence-corrected chi connectivity index (χ4v) is 2.26. The van der Waals surface area contributed by atoms with Gasteiger partial charge in [0.25, 0.3) is 0 Å². The number of nitrogens with two attached hydrogens (primary N) is 1. The van der Waals surface area contributed by atoms with Gasteiger partial charge in [-0.25, -0.2) is 0 Å². The van der Waals surface area contributed by atoms with E-state index >= 15 is 0 Å². The van der Waals surface area contributed by atoms with Crippen molar-refractivity contribution < 1.29 is 4.79 Å². The molecule has 0 heterocycles. The Morgan fingerprint density at radius 2 is 1.80 bits per heavy atom. The van der Waals surface area contributed by atoms with Crippen molar-refractivity contribution in [1.29, 1.82) is 0 Å². The molecule has 0 aliphatic rings. The van der Waals surface area contributed by atoms with Gasteiger partial charge >= 0.3 is 0 Å². The maximum atomic E-state index is 12.1. The highest BCUT2D eigenvalue weighted by molar-refractivity contribution is 5.79. The molecule has 0 unspecified atom stereocenters. The first-order chi connectivity index (χ1) is 9.56. The second-order valence-corrected chi connectivity index (χ2v) is 5.06. The third-order valence-electron chi connectivity index (χ3n) is 3.38. The molecule has 0 aromatic heterocycles. The summed E-state index contributed by atoms with van der Waals surface area (Å²) in [5.74, 6) is 0.0190. The van der Waals surface area contributed by atoms with Crippen molar-refractivity contribution in [1.82, 2.24) is 5.32 Å². The highest BCUT2D eigenvalue weighted by Gasteiger charge is 2.11. The van der Waals surface area contributed by atoms with Gasteiger partial charge in [-0.1, -0.05) is 36.4 Å². The van der Waals surface area contributed by atoms with Crippen LogP contribution in [0.3, 0.4) is 0 Å². The molecule has 0 radical (unpaired) electrons. The quantitative estimate of drug-likeness (QED) is 0.837. The van der Waals surface area contributed by atoms with Crippen LogP contribution in [0.15, 0.2) is 48.5 Å². The predicted molar refractivity (Wildman–Crippen MR) is 82.3 cm³/mol. The van der Waals surface area contributed by atoms with E-state index in [1.807, 2.05) is 49.4 Å². The number of benzene rings is 2. The molecule has 0 bridgehead atoms. The maximum absolute atomic E-state index is 12.1. The predicted octanol–water partition coefficient (Wildman–Crippen LogP) is 3.00. The molecule has 3 heteroatoms. The summed E-state index contributed by atoms with van der Waals surface area (Å²) in [6, 6.07) is 15.5. The van der Waals surface area contributed by atoms with Crippen molar-refractivity contribution in [2.24, 2.45) is 0 Å². The number of rotatable bonds is 4. The molecule has 1 amide bonds. The SMILES string of the molecule is Cc1ccccc1[C@H](C)NC(=O)Cc1ccc(N)cc1. The monoisotopic (exact) mass is 268 g/mol. The Morgan fingerprint density at radius 3 is 2.45 bits per heavy atom. The van der Waals surface area contributed by atoms with Crippen molar-refractivity contribution in [3.05, 3.63) is 65.2 Å². The largest absolute Gasteiger partial charge is 0.399 e. The van der Waals surface area contributed by atoms with E-state index in [-0.39, 0.29) is 11.9 Å². The average Bonchev–Trinajstić information content (AvgIpc) is 2.41. The maximum Gasteiger partial charge on any atom is 0.224 e. The van der Waals surface area contributed by atoms with E-state index in [0.29, 0.717) is 12.1 Å². The molecule has 20 heavy (non-hydrogen) atoms. The Bertz CT molecular complexity index is 590. The van der Waals surface area contributed by atoms with Gasteiger partial charge in [0.05, 0.1) is 12.5 Å². The van der Waals surface area contributed by atoms with Crippen LogP contribution in [-0.4, -0.2) is 5.91 Å². The van der Waals surface area contributed by atoms with E-state index in [0.717, 1.165) is 11.1 Å². The highest BCUT2D eigenvalue weighted by Crippen LogP contribution is 2.16. The minimum atomic E-state index is 0.0116. The van der Waals surface area contributed by atoms with Crippen LogP contribution in [0.2, 0.25) is 0 Å². The van der Waals surface area contributed by atoms with Crippen molar-refractivity contribution in [2.45, 2.75) is 26.3 Å². The summed E-state index contributed by atoms with van der Waals surface area (Å²) < 4.78 is 0. The number of aryl methyl sites for hydroxylation is 1. The Hall–Kier alpha value is -2.29. The van der Waals surface area contributed by atoms with Gasteiger partial charge in [0.2, 0.25) is 5.91 Å². The lowest BCUT2D eigenvalue weighted by Gasteiger charge is -2.16. The Labute approximate surface area is 119 Å². The van der Waals surface area contributed by atoms with Gasteiger partial charge in [-0.3, -0.25) is 4.79 Å². The molecule has 0 saturated heterocycles. The van der Waals surface area contributed by atoms with Gasteiger partial charge < -0.3 is 11.1 Å². The zero-order valence-electron chi connectivity index (χ0n) is 11.9. The minimum Gasteiger partial charge on any atom is -0.399 e. The normalized spacial score (nSPS) is 11.9. The molecule has 3 nitrogen and oxygen atoms in total. The van der Waals surface area contributed by atoms with Crippen LogP contribution < -0.4 is 11.1 Å². The van der Waals surface area contributed by atoms with Crippen LogP contribution in [0.5, 0.6) is 0 Å². The number of nitrogens with one attached hydrogen (secondary N) is 1. The van der Waals surface area contributed by atoms with Gasteiger partial charge in [0.1, 0.15) is 0 Å². The van der Waals surface area contributed by atoms with Gasteiger partial charge in [-0.15, -0.1) is 0 Å². The molecule has 2 rings (SSSR count). The molecule has 1 atom stereocenters. The smallest absolute Gasteiger partial charge is 0.224 e. The molecule has 0 saturated carbocycles. The molecule has 0 aliphatic carbocycles. The van der Waals surface area contributed by atoms with E-state index in [4.69, 9.17) is 5.73 Å².